The van der Waals surface area contributed by atoms with Crippen molar-refractivity contribution in [1.29, 1.82) is 0 Å². The standard InChI is InChI=1S/C20H17F2NO4S/c1-14-4-8-16(9-5-14)23(13-17-3-2-12-27-17)19(24)15-6-10-18(11-7-15)28(25,26)20(21)22/h2-12,20H,13H2,1H3. The van der Waals surface area contributed by atoms with E-state index in [0.717, 1.165) is 17.7 Å². The quantitative estimate of drug-likeness (QED) is 0.608. The van der Waals surface area contributed by atoms with Crippen molar-refractivity contribution in [2.75, 3.05) is 4.90 Å². The number of rotatable bonds is 6. The number of furan rings is 1. The fraction of sp³-hybridized carbons (Fsp3) is 0.150. The van der Waals surface area contributed by atoms with E-state index in [-0.39, 0.29) is 12.1 Å². The van der Waals surface area contributed by atoms with Crippen molar-refractivity contribution in [1.82, 2.24) is 0 Å². The average Bonchev–Trinajstić information content (AvgIpc) is 3.20. The van der Waals surface area contributed by atoms with E-state index >= 15 is 0 Å². The van der Waals surface area contributed by atoms with Crippen LogP contribution >= 0.6 is 0 Å². The van der Waals surface area contributed by atoms with Crippen LogP contribution in [0.25, 0.3) is 0 Å². The lowest BCUT2D eigenvalue weighted by molar-refractivity contribution is 0.0983. The van der Waals surface area contributed by atoms with Crippen LogP contribution in [0.4, 0.5) is 14.5 Å². The molecule has 0 aliphatic carbocycles. The van der Waals surface area contributed by atoms with Crippen molar-refractivity contribution in [3.63, 3.8) is 0 Å². The Hall–Kier alpha value is -3.00. The summed E-state index contributed by atoms with van der Waals surface area (Å²) in [6, 6.07) is 15.2. The summed E-state index contributed by atoms with van der Waals surface area (Å²) in [4.78, 5) is 14.0. The number of amides is 1. The van der Waals surface area contributed by atoms with Crippen molar-refractivity contribution < 1.29 is 26.4 Å². The Kier molecular flexibility index (Phi) is 5.60. The molecule has 1 amide bonds. The molecule has 28 heavy (non-hydrogen) atoms. The molecule has 0 spiro atoms. The lowest BCUT2D eigenvalue weighted by Gasteiger charge is -2.22. The van der Waals surface area contributed by atoms with Gasteiger partial charge in [-0.15, -0.1) is 0 Å². The second-order valence-corrected chi connectivity index (χ2v) is 8.05. The zero-order chi connectivity index (χ0) is 20.3. The van der Waals surface area contributed by atoms with Gasteiger partial charge >= 0.3 is 5.76 Å². The van der Waals surface area contributed by atoms with Crippen LogP contribution in [-0.4, -0.2) is 20.1 Å². The number of hydrogen-bond acceptors (Lipinski definition) is 4. The summed E-state index contributed by atoms with van der Waals surface area (Å²) >= 11 is 0. The molecule has 146 valence electrons. The number of carbonyl (C=O) groups is 1. The van der Waals surface area contributed by atoms with Gasteiger partial charge in [-0.2, -0.15) is 8.78 Å². The highest BCUT2D eigenvalue weighted by atomic mass is 32.2. The van der Waals surface area contributed by atoms with Crippen LogP contribution in [-0.2, 0) is 16.4 Å². The maximum absolute atomic E-state index is 13.0. The number of anilines is 1. The molecule has 0 N–H and O–H groups in total. The predicted molar refractivity (Wildman–Crippen MR) is 100 cm³/mol. The molecule has 0 aliphatic heterocycles. The molecule has 3 rings (SSSR count). The zero-order valence-electron chi connectivity index (χ0n) is 14.9. The summed E-state index contributed by atoms with van der Waals surface area (Å²) in [5.41, 5.74) is 1.81. The van der Waals surface area contributed by atoms with Gasteiger partial charge in [0.15, 0.2) is 0 Å². The Balaban J connectivity index is 1.93. The number of halogens is 2. The molecule has 1 heterocycles. The highest BCUT2D eigenvalue weighted by Gasteiger charge is 2.27. The van der Waals surface area contributed by atoms with Crippen LogP contribution in [0.15, 0.2) is 76.2 Å². The van der Waals surface area contributed by atoms with Crippen LogP contribution in [0, 0.1) is 6.92 Å². The molecule has 2 aromatic carbocycles. The van der Waals surface area contributed by atoms with Gasteiger partial charge in [0.2, 0.25) is 9.84 Å². The molecule has 0 saturated heterocycles. The fourth-order valence-corrected chi connectivity index (χ4v) is 3.33. The molecule has 5 nitrogen and oxygen atoms in total. The number of benzene rings is 2. The molecule has 0 radical (unpaired) electrons. The fourth-order valence-electron chi connectivity index (χ4n) is 2.61. The average molecular weight is 405 g/mol. The Morgan fingerprint density at radius 3 is 2.21 bits per heavy atom. The first-order valence-electron chi connectivity index (χ1n) is 8.32. The first-order chi connectivity index (χ1) is 13.3. The molecule has 0 fully saturated rings. The molecule has 0 aliphatic rings. The number of nitrogens with zero attached hydrogens (tertiary/aromatic N) is 1. The highest BCUT2D eigenvalue weighted by molar-refractivity contribution is 7.91. The minimum absolute atomic E-state index is 0.159. The minimum Gasteiger partial charge on any atom is -0.467 e. The van der Waals surface area contributed by atoms with E-state index in [0.29, 0.717) is 11.4 Å². The first-order valence-corrected chi connectivity index (χ1v) is 9.86. The smallest absolute Gasteiger partial charge is 0.341 e. The van der Waals surface area contributed by atoms with Crippen molar-refractivity contribution >= 4 is 21.4 Å². The number of aryl methyl sites for hydroxylation is 1. The maximum Gasteiger partial charge on any atom is 0.341 e. The number of hydrogen-bond donors (Lipinski definition) is 0. The molecular weight excluding hydrogens is 388 g/mol. The van der Waals surface area contributed by atoms with E-state index in [4.69, 9.17) is 4.42 Å². The molecule has 3 aromatic rings. The van der Waals surface area contributed by atoms with E-state index < -0.39 is 26.4 Å². The third-order valence-electron chi connectivity index (χ3n) is 4.15. The van der Waals surface area contributed by atoms with Gasteiger partial charge in [0.25, 0.3) is 5.91 Å². The van der Waals surface area contributed by atoms with E-state index in [2.05, 4.69) is 0 Å². The molecule has 0 saturated carbocycles. The lowest BCUT2D eigenvalue weighted by atomic mass is 10.1. The van der Waals surface area contributed by atoms with Gasteiger partial charge in [0.1, 0.15) is 5.76 Å². The molecular formula is C20H17F2NO4S. The van der Waals surface area contributed by atoms with Gasteiger partial charge in [-0.25, -0.2) is 8.42 Å². The van der Waals surface area contributed by atoms with Gasteiger partial charge < -0.3 is 9.32 Å². The summed E-state index contributed by atoms with van der Waals surface area (Å²) in [7, 11) is -4.71. The minimum atomic E-state index is -4.71. The Morgan fingerprint density at radius 1 is 1.04 bits per heavy atom. The third kappa shape index (κ3) is 4.12. The first kappa shape index (κ1) is 19.8. The van der Waals surface area contributed by atoms with E-state index in [1.807, 2.05) is 19.1 Å². The summed E-state index contributed by atoms with van der Waals surface area (Å²) < 4.78 is 53.8. The topological polar surface area (TPSA) is 67.6 Å². The largest absolute Gasteiger partial charge is 0.467 e. The summed E-state index contributed by atoms with van der Waals surface area (Å²) in [5, 5.41) is 0. The molecule has 0 unspecified atom stereocenters. The SMILES string of the molecule is Cc1ccc(N(Cc2ccco2)C(=O)c2ccc(S(=O)(=O)C(F)F)cc2)cc1. The van der Waals surface area contributed by atoms with Gasteiger partial charge in [-0.3, -0.25) is 4.79 Å². The second-order valence-electron chi connectivity index (χ2n) is 6.14. The van der Waals surface area contributed by atoms with Crippen LogP contribution in [0.5, 0.6) is 0 Å². The molecule has 0 bridgehead atoms. The summed E-state index contributed by atoms with van der Waals surface area (Å²) in [5.74, 6) is -3.37. The van der Waals surface area contributed by atoms with Crippen LogP contribution in [0.2, 0.25) is 0 Å². The Bertz CT molecular complexity index is 1040. The molecule has 1 aromatic heterocycles. The summed E-state index contributed by atoms with van der Waals surface area (Å²) in [6.07, 6.45) is 1.50. The second kappa shape index (κ2) is 7.93. The summed E-state index contributed by atoms with van der Waals surface area (Å²) in [6.45, 7) is 2.08. The van der Waals surface area contributed by atoms with Crippen LogP contribution < -0.4 is 4.90 Å². The third-order valence-corrected chi connectivity index (χ3v) is 5.55. The van der Waals surface area contributed by atoms with Gasteiger partial charge in [0.05, 0.1) is 17.7 Å². The van der Waals surface area contributed by atoms with Crippen LogP contribution in [0.1, 0.15) is 21.7 Å². The van der Waals surface area contributed by atoms with Crippen molar-refractivity contribution in [3.05, 3.63) is 83.8 Å². The lowest BCUT2D eigenvalue weighted by Crippen LogP contribution is -2.30. The molecule has 8 heteroatoms. The van der Waals surface area contributed by atoms with E-state index in [1.54, 1.807) is 24.3 Å². The number of sulfone groups is 1. The Labute approximate surface area is 161 Å². The van der Waals surface area contributed by atoms with Crippen LogP contribution in [0.3, 0.4) is 0 Å². The normalized spacial score (nSPS) is 11.6. The predicted octanol–water partition coefficient (Wildman–Crippen LogP) is 4.43. The monoisotopic (exact) mass is 405 g/mol. The van der Waals surface area contributed by atoms with Crippen molar-refractivity contribution in [2.24, 2.45) is 0 Å². The van der Waals surface area contributed by atoms with Gasteiger partial charge in [-0.1, -0.05) is 17.7 Å². The number of carbonyl (C=O) groups excluding carboxylic acids is 1. The zero-order valence-corrected chi connectivity index (χ0v) is 15.7. The van der Waals surface area contributed by atoms with Crippen molar-refractivity contribution in [3.8, 4) is 0 Å². The Morgan fingerprint density at radius 2 is 1.68 bits per heavy atom. The van der Waals surface area contributed by atoms with Gasteiger partial charge in [-0.05, 0) is 55.5 Å². The number of alkyl halides is 2. The maximum atomic E-state index is 13.0. The van der Waals surface area contributed by atoms with Crippen molar-refractivity contribution in [2.45, 2.75) is 24.1 Å². The van der Waals surface area contributed by atoms with Gasteiger partial charge in [0, 0.05) is 11.3 Å². The highest BCUT2D eigenvalue weighted by Crippen LogP contribution is 2.23. The molecule has 0 atom stereocenters. The van der Waals surface area contributed by atoms with E-state index in [9.17, 15) is 22.0 Å². The van der Waals surface area contributed by atoms with E-state index in [1.165, 1.54) is 23.3 Å².